The van der Waals surface area contributed by atoms with Gasteiger partial charge >= 0.3 is 6.36 Å². The van der Waals surface area contributed by atoms with Crippen LogP contribution in [-0.4, -0.2) is 12.3 Å². The van der Waals surface area contributed by atoms with Crippen LogP contribution < -0.4 is 15.8 Å². The van der Waals surface area contributed by atoms with E-state index in [0.29, 0.717) is 11.1 Å². The SMILES string of the molecule is C[C@H](N[C@@H](C(N)=O)c1ccccc1)c1ccc(OC(F)(F)F)cc1. The second-order valence-corrected chi connectivity index (χ2v) is 5.25. The van der Waals surface area contributed by atoms with Gasteiger partial charge in [-0.1, -0.05) is 42.5 Å². The lowest BCUT2D eigenvalue weighted by Crippen LogP contribution is -2.35. The zero-order valence-electron chi connectivity index (χ0n) is 12.9. The summed E-state index contributed by atoms with van der Waals surface area (Å²) < 4.78 is 40.3. The number of hydrogen-bond donors (Lipinski definition) is 2. The topological polar surface area (TPSA) is 64.3 Å². The summed E-state index contributed by atoms with van der Waals surface area (Å²) >= 11 is 0. The van der Waals surface area contributed by atoms with E-state index in [4.69, 9.17) is 5.73 Å². The highest BCUT2D eigenvalue weighted by molar-refractivity contribution is 5.81. The molecule has 0 saturated carbocycles. The summed E-state index contributed by atoms with van der Waals surface area (Å²) in [7, 11) is 0. The first-order valence-corrected chi connectivity index (χ1v) is 7.22. The van der Waals surface area contributed by atoms with Crippen molar-refractivity contribution >= 4 is 5.91 Å². The summed E-state index contributed by atoms with van der Waals surface area (Å²) in [6.45, 7) is 1.79. The average molecular weight is 338 g/mol. The molecule has 0 aliphatic rings. The zero-order valence-corrected chi connectivity index (χ0v) is 12.9. The van der Waals surface area contributed by atoms with Gasteiger partial charge in [0.15, 0.2) is 0 Å². The van der Waals surface area contributed by atoms with E-state index in [9.17, 15) is 18.0 Å². The van der Waals surface area contributed by atoms with Gasteiger partial charge in [0.05, 0.1) is 0 Å². The Morgan fingerprint density at radius 3 is 2.12 bits per heavy atom. The number of hydrogen-bond acceptors (Lipinski definition) is 3. The minimum atomic E-state index is -4.73. The van der Waals surface area contributed by atoms with Crippen LogP contribution in [0.1, 0.15) is 30.1 Å². The molecule has 0 aliphatic heterocycles. The van der Waals surface area contributed by atoms with Gasteiger partial charge in [-0.25, -0.2) is 0 Å². The van der Waals surface area contributed by atoms with E-state index in [1.807, 2.05) is 6.07 Å². The number of carbonyl (C=O) groups excluding carboxylic acids is 1. The number of nitrogens with two attached hydrogens (primary N) is 1. The van der Waals surface area contributed by atoms with Crippen LogP contribution >= 0.6 is 0 Å². The monoisotopic (exact) mass is 338 g/mol. The number of carbonyl (C=O) groups is 1. The fourth-order valence-electron chi connectivity index (χ4n) is 2.29. The van der Waals surface area contributed by atoms with Crippen molar-refractivity contribution in [2.24, 2.45) is 5.73 Å². The van der Waals surface area contributed by atoms with E-state index in [0.717, 1.165) is 0 Å². The molecule has 0 bridgehead atoms. The standard InChI is InChI=1S/C17H17F3N2O2/c1-11(12-7-9-14(10-8-12)24-17(18,19)20)22-15(16(21)23)13-5-3-2-4-6-13/h2-11,15,22H,1H3,(H2,21,23)/t11-,15+/m0/s1. The molecule has 0 spiro atoms. The zero-order chi connectivity index (χ0) is 17.7. The molecule has 7 heteroatoms. The summed E-state index contributed by atoms with van der Waals surface area (Å²) in [6.07, 6.45) is -4.73. The van der Waals surface area contributed by atoms with Crippen molar-refractivity contribution in [3.8, 4) is 5.75 Å². The highest BCUT2D eigenvalue weighted by Gasteiger charge is 2.31. The molecule has 3 N–H and O–H groups in total. The molecule has 2 aromatic carbocycles. The lowest BCUT2D eigenvalue weighted by molar-refractivity contribution is -0.274. The van der Waals surface area contributed by atoms with Crippen molar-refractivity contribution in [1.29, 1.82) is 0 Å². The van der Waals surface area contributed by atoms with Crippen LogP contribution in [0.2, 0.25) is 0 Å². The molecule has 0 saturated heterocycles. The third kappa shape index (κ3) is 4.99. The van der Waals surface area contributed by atoms with Crippen LogP contribution in [0.4, 0.5) is 13.2 Å². The van der Waals surface area contributed by atoms with Gasteiger partial charge < -0.3 is 10.5 Å². The van der Waals surface area contributed by atoms with Crippen LogP contribution in [0.5, 0.6) is 5.75 Å². The molecule has 2 rings (SSSR count). The van der Waals surface area contributed by atoms with Gasteiger partial charge in [-0.15, -0.1) is 13.2 Å². The van der Waals surface area contributed by atoms with Crippen molar-refractivity contribution < 1.29 is 22.7 Å². The third-order valence-corrected chi connectivity index (χ3v) is 3.45. The number of rotatable bonds is 6. The Hall–Kier alpha value is -2.54. The number of primary amides is 1. The van der Waals surface area contributed by atoms with Crippen LogP contribution in [0.25, 0.3) is 0 Å². The maximum Gasteiger partial charge on any atom is 0.573 e. The quantitative estimate of drug-likeness (QED) is 0.848. The molecular formula is C17H17F3N2O2. The largest absolute Gasteiger partial charge is 0.573 e. The van der Waals surface area contributed by atoms with Crippen molar-refractivity contribution in [2.45, 2.75) is 25.4 Å². The molecule has 0 aliphatic carbocycles. The lowest BCUT2D eigenvalue weighted by Gasteiger charge is -2.22. The number of benzene rings is 2. The molecule has 24 heavy (non-hydrogen) atoms. The lowest BCUT2D eigenvalue weighted by atomic mass is 10.0. The smallest absolute Gasteiger partial charge is 0.406 e. The summed E-state index contributed by atoms with van der Waals surface area (Å²) in [5.41, 5.74) is 6.86. The van der Waals surface area contributed by atoms with Crippen molar-refractivity contribution in [3.63, 3.8) is 0 Å². The van der Waals surface area contributed by atoms with E-state index < -0.39 is 18.3 Å². The molecule has 0 aromatic heterocycles. The molecule has 0 heterocycles. The Bertz CT molecular complexity index is 672. The number of ether oxygens (including phenoxy) is 1. The molecule has 2 atom stereocenters. The minimum Gasteiger partial charge on any atom is -0.406 e. The van der Waals surface area contributed by atoms with E-state index in [2.05, 4.69) is 10.1 Å². The molecule has 0 radical (unpaired) electrons. The fourth-order valence-corrected chi connectivity index (χ4v) is 2.29. The molecule has 1 amide bonds. The van der Waals surface area contributed by atoms with E-state index in [-0.39, 0.29) is 11.8 Å². The Balaban J connectivity index is 2.10. The van der Waals surface area contributed by atoms with Gasteiger partial charge in [-0.3, -0.25) is 10.1 Å². The molecule has 2 aromatic rings. The number of alkyl halides is 3. The van der Waals surface area contributed by atoms with E-state index in [1.165, 1.54) is 24.3 Å². The Labute approximate surface area is 137 Å². The molecule has 0 unspecified atom stereocenters. The van der Waals surface area contributed by atoms with Crippen LogP contribution in [0, 0.1) is 0 Å². The number of amides is 1. The van der Waals surface area contributed by atoms with Crippen LogP contribution in [-0.2, 0) is 4.79 Å². The van der Waals surface area contributed by atoms with Gasteiger partial charge in [0.1, 0.15) is 11.8 Å². The third-order valence-electron chi connectivity index (χ3n) is 3.45. The summed E-state index contributed by atoms with van der Waals surface area (Å²) in [4.78, 5) is 11.7. The highest BCUT2D eigenvalue weighted by Crippen LogP contribution is 2.25. The van der Waals surface area contributed by atoms with Crippen molar-refractivity contribution in [3.05, 3.63) is 65.7 Å². The first-order valence-electron chi connectivity index (χ1n) is 7.22. The van der Waals surface area contributed by atoms with Crippen LogP contribution in [0.3, 0.4) is 0 Å². The number of nitrogens with one attached hydrogen (secondary N) is 1. The predicted molar refractivity (Wildman–Crippen MR) is 83.1 cm³/mol. The fraction of sp³-hybridized carbons (Fsp3) is 0.235. The highest BCUT2D eigenvalue weighted by atomic mass is 19.4. The molecule has 128 valence electrons. The van der Waals surface area contributed by atoms with Gasteiger partial charge in [-0.2, -0.15) is 0 Å². The Kier molecular flexibility index (Phi) is 5.46. The first kappa shape index (κ1) is 17.8. The van der Waals surface area contributed by atoms with Crippen molar-refractivity contribution in [2.75, 3.05) is 0 Å². The van der Waals surface area contributed by atoms with Gasteiger partial charge in [0, 0.05) is 6.04 Å². The molecule has 0 fully saturated rings. The molecular weight excluding hydrogens is 321 g/mol. The minimum absolute atomic E-state index is 0.298. The second kappa shape index (κ2) is 7.35. The first-order chi connectivity index (χ1) is 11.3. The maximum atomic E-state index is 12.2. The second-order valence-electron chi connectivity index (χ2n) is 5.25. The van der Waals surface area contributed by atoms with Crippen LogP contribution in [0.15, 0.2) is 54.6 Å². The summed E-state index contributed by atoms with van der Waals surface area (Å²) in [5, 5.41) is 3.08. The maximum absolute atomic E-state index is 12.2. The van der Waals surface area contributed by atoms with Gasteiger partial charge in [0.25, 0.3) is 0 Å². The Morgan fingerprint density at radius 2 is 1.62 bits per heavy atom. The average Bonchev–Trinajstić information content (AvgIpc) is 2.52. The normalized spacial score (nSPS) is 14.0. The van der Waals surface area contributed by atoms with E-state index in [1.54, 1.807) is 31.2 Å². The predicted octanol–water partition coefficient (Wildman–Crippen LogP) is 3.46. The molecule has 4 nitrogen and oxygen atoms in total. The Morgan fingerprint density at radius 1 is 1.04 bits per heavy atom. The van der Waals surface area contributed by atoms with Gasteiger partial charge in [-0.05, 0) is 30.2 Å². The number of halogens is 3. The summed E-state index contributed by atoms with van der Waals surface area (Å²) in [6, 6.07) is 13.4. The van der Waals surface area contributed by atoms with Crippen molar-refractivity contribution in [1.82, 2.24) is 5.32 Å². The van der Waals surface area contributed by atoms with Gasteiger partial charge in [0.2, 0.25) is 5.91 Å². The summed E-state index contributed by atoms with van der Waals surface area (Å²) in [5.74, 6) is -0.835. The van der Waals surface area contributed by atoms with E-state index >= 15 is 0 Å².